The molecule has 0 saturated carbocycles. The summed E-state index contributed by atoms with van der Waals surface area (Å²) in [7, 11) is 0. The van der Waals surface area contributed by atoms with Gasteiger partial charge in [-0.2, -0.15) is 0 Å². The normalized spacial score (nSPS) is 11.5. The molecule has 13 aromatic rings. The molecule has 4 heteroatoms. The summed E-state index contributed by atoms with van der Waals surface area (Å²) in [6.45, 7) is 4.28. The van der Waals surface area contributed by atoms with Crippen molar-refractivity contribution in [2.24, 2.45) is 0 Å². The van der Waals surface area contributed by atoms with Crippen molar-refractivity contribution in [1.82, 2.24) is 9.13 Å². The highest BCUT2D eigenvalue weighted by atomic mass is 15.1. The van der Waals surface area contributed by atoms with Crippen LogP contribution >= 0.6 is 0 Å². The van der Waals surface area contributed by atoms with E-state index in [1.807, 2.05) is 0 Å². The molecule has 13 rings (SSSR count). The van der Waals surface area contributed by atoms with E-state index in [2.05, 4.69) is 300 Å². The van der Waals surface area contributed by atoms with Crippen LogP contribution in [-0.4, -0.2) is 9.13 Å². The minimum Gasteiger partial charge on any atom is -0.310 e. The molecule has 0 aliphatic rings. The summed E-state index contributed by atoms with van der Waals surface area (Å²) in [5, 5.41) is 4.92. The van der Waals surface area contributed by atoms with Gasteiger partial charge in [-0.05, 0) is 157 Å². The Kier molecular flexibility index (Phi) is 10.6. The Labute approximate surface area is 420 Å². The summed E-state index contributed by atoms with van der Waals surface area (Å²) in [4.78, 5) is 4.74. The van der Waals surface area contributed by atoms with Crippen LogP contribution in [0.3, 0.4) is 0 Å². The molecule has 2 aromatic heterocycles. The second-order valence-corrected chi connectivity index (χ2v) is 18.8. The van der Waals surface area contributed by atoms with Gasteiger partial charge in [0.05, 0.1) is 22.1 Å². The molecule has 2 heterocycles. The fraction of sp³-hybridized carbons (Fsp3) is 0.0294. The highest BCUT2D eigenvalue weighted by Crippen LogP contribution is 2.43. The number of aryl methyl sites for hydroxylation is 2. The number of rotatable bonds is 10. The number of nitrogens with zero attached hydrogens (tertiary/aromatic N) is 4. The molecule has 0 radical (unpaired) electrons. The molecule has 0 saturated heterocycles. The molecule has 0 spiro atoms. The van der Waals surface area contributed by atoms with Crippen LogP contribution < -0.4 is 9.80 Å². The van der Waals surface area contributed by atoms with E-state index in [0.717, 1.165) is 45.5 Å². The van der Waals surface area contributed by atoms with E-state index in [1.165, 1.54) is 77.0 Å². The van der Waals surface area contributed by atoms with Crippen LogP contribution in [0, 0.1) is 13.8 Å². The van der Waals surface area contributed by atoms with Gasteiger partial charge in [-0.25, -0.2) is 0 Å². The van der Waals surface area contributed by atoms with E-state index < -0.39 is 0 Å². The number of hydrogen-bond acceptors (Lipinski definition) is 2. The van der Waals surface area contributed by atoms with Crippen molar-refractivity contribution in [1.29, 1.82) is 0 Å². The molecule has 0 bridgehead atoms. The second kappa shape index (κ2) is 17.9. The zero-order valence-corrected chi connectivity index (χ0v) is 40.2. The summed E-state index contributed by atoms with van der Waals surface area (Å²) < 4.78 is 4.74. The van der Waals surface area contributed by atoms with Crippen LogP contribution in [0.2, 0.25) is 0 Å². The van der Waals surface area contributed by atoms with E-state index in [4.69, 9.17) is 0 Å². The standard InChI is InChI=1S/C68H50N4/c1-47-21-33-55(34-22-47)69(59-41-43-67-63(45-59)61-17-9-11-19-65(61)71(67)53-13-5-3-6-14-53)57-37-29-51(30-38-57)49-25-27-50(28-26-49)52-31-39-58(40-32-52)70(56-35-23-48(2)24-36-56)60-42-44-68-64(46-60)62-18-10-12-20-66(62)72(68)54-15-7-4-8-16-54/h3-46H,1-2H3. The lowest BCUT2D eigenvalue weighted by Gasteiger charge is -2.26. The van der Waals surface area contributed by atoms with Crippen LogP contribution in [-0.2, 0) is 0 Å². The monoisotopic (exact) mass is 922 g/mol. The number of para-hydroxylation sites is 4. The molecule has 0 atom stereocenters. The number of anilines is 6. The Morgan fingerprint density at radius 1 is 0.236 bits per heavy atom. The van der Waals surface area contributed by atoms with E-state index in [9.17, 15) is 0 Å². The largest absolute Gasteiger partial charge is 0.310 e. The Balaban J connectivity index is 0.805. The highest BCUT2D eigenvalue weighted by molar-refractivity contribution is 6.12. The first kappa shape index (κ1) is 42.7. The average Bonchev–Trinajstić information content (AvgIpc) is 3.95. The van der Waals surface area contributed by atoms with Gasteiger partial charge in [0.15, 0.2) is 0 Å². The molecule has 0 unspecified atom stereocenters. The van der Waals surface area contributed by atoms with Gasteiger partial charge in [-0.1, -0.05) is 157 Å². The lowest BCUT2D eigenvalue weighted by atomic mass is 9.99. The predicted molar refractivity (Wildman–Crippen MR) is 305 cm³/mol. The Morgan fingerprint density at radius 3 is 0.875 bits per heavy atom. The summed E-state index contributed by atoms with van der Waals surface area (Å²) in [5.41, 5.74) is 20.9. The van der Waals surface area contributed by atoms with Crippen LogP contribution in [0.15, 0.2) is 267 Å². The summed E-state index contributed by atoms with van der Waals surface area (Å²) in [6, 6.07) is 97.1. The third-order valence-corrected chi connectivity index (χ3v) is 14.2. The first-order valence-electron chi connectivity index (χ1n) is 24.7. The van der Waals surface area contributed by atoms with Gasteiger partial charge >= 0.3 is 0 Å². The van der Waals surface area contributed by atoms with Crippen molar-refractivity contribution in [3.05, 3.63) is 278 Å². The van der Waals surface area contributed by atoms with Crippen molar-refractivity contribution in [3.8, 4) is 33.6 Å². The number of aromatic nitrogens is 2. The van der Waals surface area contributed by atoms with E-state index >= 15 is 0 Å². The van der Waals surface area contributed by atoms with Gasteiger partial charge in [-0.3, -0.25) is 0 Å². The maximum atomic E-state index is 2.37. The van der Waals surface area contributed by atoms with E-state index in [-0.39, 0.29) is 0 Å². The van der Waals surface area contributed by atoms with Gasteiger partial charge in [0, 0.05) is 67.0 Å². The SMILES string of the molecule is Cc1ccc(N(c2ccc(-c3ccc(-c4ccc(N(c5ccc(C)cc5)c5ccc6c(c5)c5ccccc5n6-c5ccccc5)cc4)cc3)cc2)c2ccc3c(c2)c2ccccc2n3-c2ccccc2)cc1. The van der Waals surface area contributed by atoms with Gasteiger partial charge in [0.1, 0.15) is 0 Å². The molecular weight excluding hydrogens is 873 g/mol. The molecule has 342 valence electrons. The summed E-state index contributed by atoms with van der Waals surface area (Å²) >= 11 is 0. The van der Waals surface area contributed by atoms with Gasteiger partial charge < -0.3 is 18.9 Å². The highest BCUT2D eigenvalue weighted by Gasteiger charge is 2.20. The third-order valence-electron chi connectivity index (χ3n) is 14.2. The fourth-order valence-electron chi connectivity index (χ4n) is 10.7. The lowest BCUT2D eigenvalue weighted by Crippen LogP contribution is -2.10. The molecule has 72 heavy (non-hydrogen) atoms. The molecule has 0 aliphatic carbocycles. The first-order valence-corrected chi connectivity index (χ1v) is 24.7. The number of benzene rings is 11. The Hall–Kier alpha value is -9.38. The smallest absolute Gasteiger partial charge is 0.0542 e. The molecule has 0 fully saturated rings. The van der Waals surface area contributed by atoms with E-state index in [0.29, 0.717) is 0 Å². The topological polar surface area (TPSA) is 16.3 Å². The molecule has 0 N–H and O–H groups in total. The Bertz CT molecular complexity index is 3790. The zero-order chi connectivity index (χ0) is 48.1. The van der Waals surface area contributed by atoms with Crippen molar-refractivity contribution in [3.63, 3.8) is 0 Å². The predicted octanol–water partition coefficient (Wildman–Crippen LogP) is 18.8. The summed E-state index contributed by atoms with van der Waals surface area (Å²) in [5.74, 6) is 0. The minimum absolute atomic E-state index is 1.10. The molecule has 11 aromatic carbocycles. The molecule has 0 amide bonds. The van der Waals surface area contributed by atoms with Gasteiger partial charge in [-0.15, -0.1) is 0 Å². The van der Waals surface area contributed by atoms with Gasteiger partial charge in [0.2, 0.25) is 0 Å². The van der Waals surface area contributed by atoms with Gasteiger partial charge in [0.25, 0.3) is 0 Å². The maximum absolute atomic E-state index is 2.37. The molecule has 0 aliphatic heterocycles. The minimum atomic E-state index is 1.10. The van der Waals surface area contributed by atoms with Crippen molar-refractivity contribution < 1.29 is 0 Å². The van der Waals surface area contributed by atoms with Crippen LogP contribution in [0.1, 0.15) is 11.1 Å². The Morgan fingerprint density at radius 2 is 0.514 bits per heavy atom. The van der Waals surface area contributed by atoms with Crippen molar-refractivity contribution in [2.45, 2.75) is 13.8 Å². The van der Waals surface area contributed by atoms with E-state index in [1.54, 1.807) is 0 Å². The second-order valence-electron chi connectivity index (χ2n) is 18.8. The zero-order valence-electron chi connectivity index (χ0n) is 40.2. The molecular formula is C68H50N4. The number of hydrogen-bond donors (Lipinski definition) is 0. The van der Waals surface area contributed by atoms with Crippen LogP contribution in [0.4, 0.5) is 34.1 Å². The number of fused-ring (bicyclic) bond motifs is 6. The maximum Gasteiger partial charge on any atom is 0.0542 e. The average molecular weight is 923 g/mol. The quantitative estimate of drug-likeness (QED) is 0.136. The fourth-order valence-corrected chi connectivity index (χ4v) is 10.7. The third kappa shape index (κ3) is 7.58. The van der Waals surface area contributed by atoms with Crippen LogP contribution in [0.5, 0.6) is 0 Å². The lowest BCUT2D eigenvalue weighted by molar-refractivity contribution is 1.18. The van der Waals surface area contributed by atoms with Crippen LogP contribution in [0.25, 0.3) is 77.2 Å². The first-order chi connectivity index (χ1) is 35.5. The summed E-state index contributed by atoms with van der Waals surface area (Å²) in [6.07, 6.45) is 0. The molecule has 4 nitrogen and oxygen atoms in total. The van der Waals surface area contributed by atoms with Crippen molar-refractivity contribution in [2.75, 3.05) is 9.80 Å². The van der Waals surface area contributed by atoms with Crippen molar-refractivity contribution >= 4 is 77.7 Å².